The molecule has 102 valence electrons. The Morgan fingerprint density at radius 1 is 1.20 bits per heavy atom. The fourth-order valence-electron chi connectivity index (χ4n) is 2.44. The zero-order valence-electron chi connectivity index (χ0n) is 11.4. The number of hydrogen-bond donors (Lipinski definition) is 1. The second-order valence-corrected chi connectivity index (χ2v) is 5.28. The van der Waals surface area contributed by atoms with Crippen LogP contribution in [0.2, 0.25) is 5.02 Å². The summed E-state index contributed by atoms with van der Waals surface area (Å²) < 4.78 is 0. The summed E-state index contributed by atoms with van der Waals surface area (Å²) in [5.74, 6) is 0. The topological polar surface area (TPSA) is 41.6 Å². The second kappa shape index (κ2) is 5.63. The minimum absolute atomic E-state index is 0.797. The van der Waals surface area contributed by atoms with Gasteiger partial charge in [-0.1, -0.05) is 60.5 Å². The number of nitrogens with zero attached hydrogens (tertiary/aromatic N) is 2. The molecule has 4 heteroatoms. The Morgan fingerprint density at radius 3 is 2.75 bits per heavy atom. The molecule has 20 heavy (non-hydrogen) atoms. The van der Waals surface area contributed by atoms with Crippen LogP contribution in [0.15, 0.2) is 36.4 Å². The molecule has 0 saturated carbocycles. The number of aromatic amines is 1. The Kier molecular flexibility index (Phi) is 3.70. The van der Waals surface area contributed by atoms with Crippen molar-refractivity contribution in [1.82, 2.24) is 15.4 Å². The minimum atomic E-state index is 0.797. The molecule has 0 bridgehead atoms. The highest BCUT2D eigenvalue weighted by atomic mass is 35.5. The maximum absolute atomic E-state index is 6.63. The van der Waals surface area contributed by atoms with Crippen LogP contribution in [0.4, 0.5) is 0 Å². The molecule has 3 aromatic rings. The fourth-order valence-corrected chi connectivity index (χ4v) is 2.79. The average Bonchev–Trinajstić information content (AvgIpc) is 2.93. The second-order valence-electron chi connectivity index (χ2n) is 4.90. The molecule has 2 aromatic carbocycles. The monoisotopic (exact) mass is 285 g/mol. The number of H-pyrrole nitrogens is 1. The van der Waals surface area contributed by atoms with E-state index in [0.717, 1.165) is 52.0 Å². The molecular formula is C16H16ClN3. The van der Waals surface area contributed by atoms with E-state index in [1.165, 1.54) is 0 Å². The van der Waals surface area contributed by atoms with Gasteiger partial charge >= 0.3 is 0 Å². The summed E-state index contributed by atoms with van der Waals surface area (Å²) in [6.45, 7) is 2.18. The van der Waals surface area contributed by atoms with Gasteiger partial charge in [-0.05, 0) is 30.0 Å². The van der Waals surface area contributed by atoms with Gasteiger partial charge in [0.2, 0.25) is 0 Å². The van der Waals surface area contributed by atoms with Gasteiger partial charge in [-0.15, -0.1) is 5.10 Å². The molecule has 0 radical (unpaired) electrons. The van der Waals surface area contributed by atoms with Crippen molar-refractivity contribution in [2.24, 2.45) is 0 Å². The summed E-state index contributed by atoms with van der Waals surface area (Å²) in [4.78, 5) is 0. The van der Waals surface area contributed by atoms with Gasteiger partial charge in [0.25, 0.3) is 0 Å². The van der Waals surface area contributed by atoms with Gasteiger partial charge in [0, 0.05) is 5.56 Å². The standard InChI is InChI=1S/C16H16ClN3/c1-2-3-7-12-10-13-16(19-20-18-13)14(15(12)17)11-8-5-4-6-9-11/h4-6,8-10H,2-3,7H2,1H3,(H,18,19,20). The van der Waals surface area contributed by atoms with Crippen molar-refractivity contribution in [2.75, 3.05) is 0 Å². The molecule has 0 spiro atoms. The highest BCUT2D eigenvalue weighted by Gasteiger charge is 2.15. The van der Waals surface area contributed by atoms with E-state index in [1.807, 2.05) is 18.2 Å². The van der Waals surface area contributed by atoms with Crippen molar-refractivity contribution in [3.05, 3.63) is 47.0 Å². The van der Waals surface area contributed by atoms with Gasteiger partial charge in [-0.2, -0.15) is 0 Å². The molecule has 1 N–H and O–H groups in total. The van der Waals surface area contributed by atoms with Crippen LogP contribution < -0.4 is 0 Å². The van der Waals surface area contributed by atoms with Crippen molar-refractivity contribution in [1.29, 1.82) is 0 Å². The number of rotatable bonds is 4. The normalized spacial score (nSPS) is 11.1. The van der Waals surface area contributed by atoms with Crippen molar-refractivity contribution in [3.63, 3.8) is 0 Å². The van der Waals surface area contributed by atoms with Gasteiger partial charge in [-0.3, -0.25) is 5.10 Å². The van der Waals surface area contributed by atoms with Gasteiger partial charge in [0.1, 0.15) is 5.52 Å². The molecule has 0 aliphatic carbocycles. The van der Waals surface area contributed by atoms with E-state index < -0.39 is 0 Å². The summed E-state index contributed by atoms with van der Waals surface area (Å²) in [6.07, 6.45) is 3.25. The first-order valence-electron chi connectivity index (χ1n) is 6.88. The maximum atomic E-state index is 6.63. The van der Waals surface area contributed by atoms with Gasteiger partial charge in [-0.25, -0.2) is 0 Å². The third-order valence-electron chi connectivity index (χ3n) is 3.49. The van der Waals surface area contributed by atoms with Crippen LogP contribution in [0.25, 0.3) is 22.2 Å². The average molecular weight is 286 g/mol. The van der Waals surface area contributed by atoms with Crippen molar-refractivity contribution in [3.8, 4) is 11.1 Å². The molecule has 0 saturated heterocycles. The Hall–Kier alpha value is -1.87. The highest BCUT2D eigenvalue weighted by Crippen LogP contribution is 2.36. The summed E-state index contributed by atoms with van der Waals surface area (Å²) in [5.41, 5.74) is 4.99. The summed E-state index contributed by atoms with van der Waals surface area (Å²) in [5, 5.41) is 11.9. The first-order valence-corrected chi connectivity index (χ1v) is 7.26. The number of nitrogens with one attached hydrogen (secondary N) is 1. The van der Waals surface area contributed by atoms with Crippen LogP contribution in [-0.2, 0) is 6.42 Å². The molecule has 3 rings (SSSR count). The lowest BCUT2D eigenvalue weighted by atomic mass is 9.98. The minimum Gasteiger partial charge on any atom is -0.258 e. The predicted molar refractivity (Wildman–Crippen MR) is 82.9 cm³/mol. The third kappa shape index (κ3) is 2.29. The van der Waals surface area contributed by atoms with Crippen LogP contribution in [0.5, 0.6) is 0 Å². The van der Waals surface area contributed by atoms with Crippen molar-refractivity contribution < 1.29 is 0 Å². The Labute approximate surface area is 123 Å². The largest absolute Gasteiger partial charge is 0.258 e. The van der Waals surface area contributed by atoms with Gasteiger partial charge in [0.05, 0.1) is 10.5 Å². The molecule has 0 aliphatic rings. The molecular weight excluding hydrogens is 270 g/mol. The maximum Gasteiger partial charge on any atom is 0.122 e. The Morgan fingerprint density at radius 2 is 2.00 bits per heavy atom. The molecule has 0 fully saturated rings. The molecule has 1 aromatic heterocycles. The number of aryl methyl sites for hydroxylation is 1. The number of aromatic nitrogens is 3. The molecule has 0 unspecified atom stereocenters. The SMILES string of the molecule is CCCCc1cc2[nH]nnc2c(-c2ccccc2)c1Cl. The molecule has 0 amide bonds. The first-order chi connectivity index (χ1) is 9.81. The lowest BCUT2D eigenvalue weighted by Crippen LogP contribution is -1.92. The number of benzene rings is 2. The van der Waals surface area contributed by atoms with Crippen LogP contribution in [0.1, 0.15) is 25.3 Å². The number of halogens is 1. The zero-order chi connectivity index (χ0) is 13.9. The predicted octanol–water partition coefficient (Wildman–Crippen LogP) is 4.62. The molecule has 3 nitrogen and oxygen atoms in total. The zero-order valence-corrected chi connectivity index (χ0v) is 12.1. The smallest absolute Gasteiger partial charge is 0.122 e. The Bertz CT molecular complexity index is 719. The van der Waals surface area contributed by atoms with Crippen molar-refractivity contribution >= 4 is 22.6 Å². The summed E-state index contributed by atoms with van der Waals surface area (Å²) in [7, 11) is 0. The van der Waals surface area contributed by atoms with Crippen LogP contribution >= 0.6 is 11.6 Å². The summed E-state index contributed by atoms with van der Waals surface area (Å²) >= 11 is 6.63. The first kappa shape index (κ1) is 13.1. The van der Waals surface area contributed by atoms with E-state index in [-0.39, 0.29) is 0 Å². The Balaban J connectivity index is 2.22. The van der Waals surface area contributed by atoms with E-state index in [9.17, 15) is 0 Å². The van der Waals surface area contributed by atoms with E-state index in [2.05, 4.69) is 40.5 Å². The number of fused-ring (bicyclic) bond motifs is 1. The molecule has 0 aliphatic heterocycles. The quantitative estimate of drug-likeness (QED) is 0.760. The number of unbranched alkanes of at least 4 members (excludes halogenated alkanes) is 1. The van der Waals surface area contributed by atoms with Crippen LogP contribution in [-0.4, -0.2) is 15.4 Å². The third-order valence-corrected chi connectivity index (χ3v) is 3.93. The van der Waals surface area contributed by atoms with E-state index in [1.54, 1.807) is 0 Å². The lowest BCUT2D eigenvalue weighted by molar-refractivity contribution is 0.796. The lowest BCUT2D eigenvalue weighted by Gasteiger charge is -2.10. The summed E-state index contributed by atoms with van der Waals surface area (Å²) in [6, 6.07) is 12.2. The van der Waals surface area contributed by atoms with Crippen LogP contribution in [0.3, 0.4) is 0 Å². The van der Waals surface area contributed by atoms with Crippen LogP contribution in [0, 0.1) is 0 Å². The van der Waals surface area contributed by atoms with Gasteiger partial charge in [0.15, 0.2) is 0 Å². The fraction of sp³-hybridized carbons (Fsp3) is 0.250. The molecule has 1 heterocycles. The molecule has 0 atom stereocenters. The highest BCUT2D eigenvalue weighted by molar-refractivity contribution is 6.35. The van der Waals surface area contributed by atoms with E-state index >= 15 is 0 Å². The number of hydrogen-bond acceptors (Lipinski definition) is 2. The van der Waals surface area contributed by atoms with Gasteiger partial charge < -0.3 is 0 Å². The van der Waals surface area contributed by atoms with E-state index in [0.29, 0.717) is 0 Å². The van der Waals surface area contributed by atoms with Crippen molar-refractivity contribution in [2.45, 2.75) is 26.2 Å². The van der Waals surface area contributed by atoms with E-state index in [4.69, 9.17) is 11.6 Å².